The standard InChI is InChI=1S/C16H23N3O3/c1-18-15(20)13-8-11(22-2)6-7-14(13)19-16(21)12-5-3-4-10(12)9-17/h6-8,10,12H,3-5,9,17H2,1-2H3,(H,18,20)(H,19,21)/t10-,12-/m1/s1. The topological polar surface area (TPSA) is 93.5 Å². The zero-order valence-corrected chi connectivity index (χ0v) is 13.0. The van der Waals surface area contributed by atoms with Crippen molar-refractivity contribution in [3.05, 3.63) is 23.8 Å². The monoisotopic (exact) mass is 305 g/mol. The third kappa shape index (κ3) is 3.39. The molecule has 0 spiro atoms. The zero-order chi connectivity index (χ0) is 16.1. The van der Waals surface area contributed by atoms with Crippen LogP contribution in [0.1, 0.15) is 29.6 Å². The average Bonchev–Trinajstić information content (AvgIpc) is 3.03. The van der Waals surface area contributed by atoms with Gasteiger partial charge in [-0.15, -0.1) is 0 Å². The Kier molecular flexibility index (Phi) is 5.38. The van der Waals surface area contributed by atoms with E-state index in [1.54, 1.807) is 25.2 Å². The lowest BCUT2D eigenvalue weighted by Gasteiger charge is -2.19. The molecule has 1 aliphatic rings. The lowest BCUT2D eigenvalue weighted by molar-refractivity contribution is -0.120. The summed E-state index contributed by atoms with van der Waals surface area (Å²) in [6, 6.07) is 5.02. The summed E-state index contributed by atoms with van der Waals surface area (Å²) in [5.74, 6) is 0.378. The van der Waals surface area contributed by atoms with Crippen LogP contribution in [0.4, 0.5) is 5.69 Å². The first-order chi connectivity index (χ1) is 10.6. The van der Waals surface area contributed by atoms with Crippen LogP contribution < -0.4 is 21.1 Å². The van der Waals surface area contributed by atoms with Crippen LogP contribution in [0.2, 0.25) is 0 Å². The lowest BCUT2D eigenvalue weighted by atomic mass is 9.95. The Hall–Kier alpha value is -2.08. The fourth-order valence-corrected chi connectivity index (χ4v) is 2.97. The SMILES string of the molecule is CNC(=O)c1cc(OC)ccc1NC(=O)[C@@H]1CCC[C@@H]1CN. The van der Waals surface area contributed by atoms with Crippen molar-refractivity contribution in [2.45, 2.75) is 19.3 Å². The predicted octanol–water partition coefficient (Wildman–Crippen LogP) is 1.37. The molecule has 0 aliphatic heterocycles. The number of nitrogens with two attached hydrogens (primary N) is 1. The van der Waals surface area contributed by atoms with Gasteiger partial charge in [-0.2, -0.15) is 0 Å². The van der Waals surface area contributed by atoms with Crippen LogP contribution in [0, 0.1) is 11.8 Å². The fourth-order valence-electron chi connectivity index (χ4n) is 2.97. The van der Waals surface area contributed by atoms with Crippen LogP contribution in [-0.2, 0) is 4.79 Å². The fraction of sp³-hybridized carbons (Fsp3) is 0.500. The first-order valence-electron chi connectivity index (χ1n) is 7.51. The van der Waals surface area contributed by atoms with Crippen LogP contribution in [-0.4, -0.2) is 32.5 Å². The molecule has 4 N–H and O–H groups in total. The molecular formula is C16H23N3O3. The molecule has 2 atom stereocenters. The highest BCUT2D eigenvalue weighted by molar-refractivity contribution is 6.04. The summed E-state index contributed by atoms with van der Waals surface area (Å²) in [7, 11) is 3.08. The van der Waals surface area contributed by atoms with Gasteiger partial charge in [0.25, 0.3) is 5.91 Å². The normalized spacial score (nSPS) is 20.5. The van der Waals surface area contributed by atoms with Gasteiger partial charge in [0, 0.05) is 13.0 Å². The number of ether oxygens (including phenoxy) is 1. The van der Waals surface area contributed by atoms with Gasteiger partial charge in [0.05, 0.1) is 18.4 Å². The number of rotatable bonds is 5. The summed E-state index contributed by atoms with van der Waals surface area (Å²) >= 11 is 0. The van der Waals surface area contributed by atoms with Crippen LogP contribution in [0.15, 0.2) is 18.2 Å². The second-order valence-corrected chi connectivity index (χ2v) is 5.51. The van der Waals surface area contributed by atoms with E-state index in [0.29, 0.717) is 23.5 Å². The van der Waals surface area contributed by atoms with E-state index in [-0.39, 0.29) is 23.7 Å². The van der Waals surface area contributed by atoms with E-state index in [4.69, 9.17) is 10.5 Å². The van der Waals surface area contributed by atoms with Crippen molar-refractivity contribution in [3.8, 4) is 5.75 Å². The minimum atomic E-state index is -0.268. The summed E-state index contributed by atoms with van der Waals surface area (Å²) in [6.07, 6.45) is 2.85. The van der Waals surface area contributed by atoms with Crippen LogP contribution in [0.3, 0.4) is 0 Å². The van der Waals surface area contributed by atoms with Crippen molar-refractivity contribution >= 4 is 17.5 Å². The van der Waals surface area contributed by atoms with Crippen LogP contribution in [0.5, 0.6) is 5.75 Å². The molecule has 6 heteroatoms. The molecule has 0 heterocycles. The van der Waals surface area contributed by atoms with E-state index in [1.165, 1.54) is 7.11 Å². The maximum absolute atomic E-state index is 12.5. The average molecular weight is 305 g/mol. The zero-order valence-electron chi connectivity index (χ0n) is 13.0. The molecule has 0 unspecified atom stereocenters. The van der Waals surface area contributed by atoms with Crippen molar-refractivity contribution in [3.63, 3.8) is 0 Å². The lowest BCUT2D eigenvalue weighted by Crippen LogP contribution is -2.30. The van der Waals surface area contributed by atoms with Gasteiger partial charge in [-0.3, -0.25) is 9.59 Å². The summed E-state index contributed by atoms with van der Waals surface area (Å²) in [4.78, 5) is 24.5. The van der Waals surface area contributed by atoms with Gasteiger partial charge in [-0.05, 0) is 43.5 Å². The number of methoxy groups -OCH3 is 1. The van der Waals surface area contributed by atoms with Gasteiger partial charge in [-0.25, -0.2) is 0 Å². The van der Waals surface area contributed by atoms with E-state index in [2.05, 4.69) is 10.6 Å². The number of anilines is 1. The van der Waals surface area contributed by atoms with E-state index in [1.807, 2.05) is 0 Å². The summed E-state index contributed by atoms with van der Waals surface area (Å²) < 4.78 is 5.13. The molecule has 2 rings (SSSR count). The van der Waals surface area contributed by atoms with Gasteiger partial charge >= 0.3 is 0 Å². The third-order valence-electron chi connectivity index (χ3n) is 4.25. The molecule has 2 amide bonds. The molecule has 6 nitrogen and oxygen atoms in total. The molecule has 0 saturated heterocycles. The van der Waals surface area contributed by atoms with Crippen molar-refractivity contribution in [2.75, 3.05) is 26.0 Å². The smallest absolute Gasteiger partial charge is 0.253 e. The Labute approximate surface area is 130 Å². The van der Waals surface area contributed by atoms with E-state index >= 15 is 0 Å². The second kappa shape index (κ2) is 7.26. The Balaban J connectivity index is 2.21. The predicted molar refractivity (Wildman–Crippen MR) is 84.9 cm³/mol. The minimum absolute atomic E-state index is 0.0664. The molecule has 1 aromatic carbocycles. The summed E-state index contributed by atoms with van der Waals surface area (Å²) in [5, 5.41) is 5.44. The highest BCUT2D eigenvalue weighted by Crippen LogP contribution is 2.32. The molecule has 1 aromatic rings. The number of carbonyl (C=O) groups excluding carboxylic acids is 2. The number of nitrogens with one attached hydrogen (secondary N) is 2. The van der Waals surface area contributed by atoms with Gasteiger partial charge in [0.2, 0.25) is 5.91 Å². The Bertz CT molecular complexity index is 560. The van der Waals surface area contributed by atoms with Gasteiger partial charge < -0.3 is 21.1 Å². The quantitative estimate of drug-likeness (QED) is 0.766. The highest BCUT2D eigenvalue weighted by atomic mass is 16.5. The molecule has 1 saturated carbocycles. The van der Waals surface area contributed by atoms with Crippen LogP contribution >= 0.6 is 0 Å². The van der Waals surface area contributed by atoms with Gasteiger partial charge in [-0.1, -0.05) is 6.42 Å². The first kappa shape index (κ1) is 16.3. The van der Waals surface area contributed by atoms with E-state index < -0.39 is 0 Å². The van der Waals surface area contributed by atoms with E-state index in [0.717, 1.165) is 19.3 Å². The Morgan fingerprint density at radius 1 is 1.36 bits per heavy atom. The number of hydrogen-bond acceptors (Lipinski definition) is 4. The molecular weight excluding hydrogens is 282 g/mol. The van der Waals surface area contributed by atoms with E-state index in [9.17, 15) is 9.59 Å². The maximum Gasteiger partial charge on any atom is 0.253 e. The minimum Gasteiger partial charge on any atom is -0.497 e. The largest absolute Gasteiger partial charge is 0.497 e. The van der Waals surface area contributed by atoms with Crippen LogP contribution in [0.25, 0.3) is 0 Å². The first-order valence-corrected chi connectivity index (χ1v) is 7.51. The number of benzene rings is 1. The summed E-state index contributed by atoms with van der Waals surface area (Å²) in [5.41, 5.74) is 6.61. The van der Waals surface area contributed by atoms with Crippen molar-refractivity contribution in [2.24, 2.45) is 17.6 Å². The molecule has 1 fully saturated rings. The van der Waals surface area contributed by atoms with Crippen molar-refractivity contribution < 1.29 is 14.3 Å². The summed E-state index contributed by atoms with van der Waals surface area (Å²) in [6.45, 7) is 0.517. The number of amides is 2. The molecule has 120 valence electrons. The third-order valence-corrected chi connectivity index (χ3v) is 4.25. The molecule has 1 aliphatic carbocycles. The Morgan fingerprint density at radius 3 is 2.77 bits per heavy atom. The second-order valence-electron chi connectivity index (χ2n) is 5.51. The number of carbonyl (C=O) groups is 2. The van der Waals surface area contributed by atoms with Crippen molar-refractivity contribution in [1.82, 2.24) is 5.32 Å². The molecule has 0 radical (unpaired) electrons. The van der Waals surface area contributed by atoms with Crippen molar-refractivity contribution in [1.29, 1.82) is 0 Å². The highest BCUT2D eigenvalue weighted by Gasteiger charge is 2.32. The molecule has 22 heavy (non-hydrogen) atoms. The molecule has 0 bridgehead atoms. The number of hydrogen-bond donors (Lipinski definition) is 3. The van der Waals surface area contributed by atoms with Gasteiger partial charge in [0.15, 0.2) is 0 Å². The maximum atomic E-state index is 12.5. The molecule has 0 aromatic heterocycles. The van der Waals surface area contributed by atoms with Gasteiger partial charge in [0.1, 0.15) is 5.75 Å². The Morgan fingerprint density at radius 2 is 2.14 bits per heavy atom.